The van der Waals surface area contributed by atoms with Gasteiger partial charge in [0.25, 0.3) is 8.32 Å². The standard InChI is InChI=1S/C32H54N2O6Si2/c1-14-15-25-18-27(21-39-41(12,13)32(8,9)10)33(20-25)30(35)34(31(36)37)26-16-17-28(38-11)29(19-26)40-42(22(2)3,23(4)5)24(6)7/h14-17,19-20,22-24,27H,18,21H2,1-13H3,(H,36,37). The number of amides is 3. The molecule has 10 heteroatoms. The normalized spacial score (nSPS) is 16.5. The molecule has 1 aliphatic rings. The Kier molecular flexibility index (Phi) is 11.7. The lowest BCUT2D eigenvalue weighted by Gasteiger charge is -2.42. The van der Waals surface area contributed by atoms with Crippen LogP contribution in [0.2, 0.25) is 34.8 Å². The fourth-order valence-corrected chi connectivity index (χ4v) is 12.0. The molecule has 0 aliphatic carbocycles. The molecule has 1 N–H and O–H groups in total. The molecule has 8 nitrogen and oxygen atoms in total. The molecule has 2 rings (SSSR count). The largest absolute Gasteiger partial charge is 0.540 e. The molecule has 0 aromatic heterocycles. The lowest BCUT2D eigenvalue weighted by molar-refractivity contribution is 0.169. The van der Waals surface area contributed by atoms with Gasteiger partial charge in [-0.2, -0.15) is 4.90 Å². The number of carboxylic acid groups (broad SMARTS) is 1. The number of methoxy groups -OCH3 is 1. The summed E-state index contributed by atoms with van der Waals surface area (Å²) in [6.45, 7) is 26.2. The highest BCUT2D eigenvalue weighted by Crippen LogP contribution is 2.46. The maximum absolute atomic E-state index is 14.0. The average Bonchev–Trinajstić information content (AvgIpc) is 3.27. The highest BCUT2D eigenvalue weighted by atomic mass is 28.4. The van der Waals surface area contributed by atoms with Crippen LogP contribution >= 0.6 is 0 Å². The third kappa shape index (κ3) is 7.49. The number of benzene rings is 1. The molecular formula is C32H54N2O6Si2. The summed E-state index contributed by atoms with van der Waals surface area (Å²) in [5.41, 5.74) is 2.04. The summed E-state index contributed by atoms with van der Waals surface area (Å²) in [6.07, 6.45) is 4.83. The van der Waals surface area contributed by atoms with Crippen molar-refractivity contribution in [2.24, 2.45) is 0 Å². The zero-order valence-corrected chi connectivity index (χ0v) is 30.1. The van der Waals surface area contributed by atoms with E-state index < -0.39 is 28.8 Å². The molecule has 0 bridgehead atoms. The summed E-state index contributed by atoms with van der Waals surface area (Å²) in [5.74, 6) is 0.966. The van der Waals surface area contributed by atoms with Gasteiger partial charge in [-0.3, -0.25) is 4.90 Å². The summed E-state index contributed by atoms with van der Waals surface area (Å²) in [6, 6.07) is 3.93. The molecular weight excluding hydrogens is 565 g/mol. The first kappa shape index (κ1) is 35.6. The Morgan fingerprint density at radius 1 is 1.07 bits per heavy atom. The fourth-order valence-electron chi connectivity index (χ4n) is 5.75. The van der Waals surface area contributed by atoms with Crippen LogP contribution in [0.25, 0.3) is 0 Å². The Hall–Kier alpha value is -2.57. The Bertz CT molecular complexity index is 1150. The first-order chi connectivity index (χ1) is 19.3. The van der Waals surface area contributed by atoms with Crippen LogP contribution in [0.5, 0.6) is 11.5 Å². The van der Waals surface area contributed by atoms with Gasteiger partial charge in [0.15, 0.2) is 14.1 Å². The number of rotatable bonds is 11. The van der Waals surface area contributed by atoms with Gasteiger partial charge in [0, 0.05) is 12.3 Å². The average molecular weight is 619 g/mol. The van der Waals surface area contributed by atoms with E-state index in [0.29, 0.717) is 41.2 Å². The monoisotopic (exact) mass is 618 g/mol. The van der Waals surface area contributed by atoms with Crippen LogP contribution in [0, 0.1) is 0 Å². The first-order valence-electron chi connectivity index (χ1n) is 15.0. The van der Waals surface area contributed by atoms with E-state index in [2.05, 4.69) is 75.4 Å². The highest BCUT2D eigenvalue weighted by molar-refractivity contribution is 6.78. The molecule has 42 heavy (non-hydrogen) atoms. The van der Waals surface area contributed by atoms with E-state index in [1.165, 1.54) is 4.90 Å². The van der Waals surface area contributed by atoms with Crippen molar-refractivity contribution in [2.75, 3.05) is 18.6 Å². The lowest BCUT2D eigenvalue weighted by atomic mass is 10.1. The van der Waals surface area contributed by atoms with Crippen LogP contribution in [0.1, 0.15) is 75.7 Å². The van der Waals surface area contributed by atoms with E-state index in [4.69, 9.17) is 13.6 Å². The van der Waals surface area contributed by atoms with Gasteiger partial charge in [-0.25, -0.2) is 9.59 Å². The van der Waals surface area contributed by atoms with Crippen LogP contribution < -0.4 is 14.1 Å². The van der Waals surface area contributed by atoms with Gasteiger partial charge in [-0.1, -0.05) is 74.5 Å². The molecule has 0 fully saturated rings. The molecule has 0 spiro atoms. The number of hydrogen-bond donors (Lipinski definition) is 1. The maximum Gasteiger partial charge on any atom is 0.420 e. The zero-order chi connectivity index (χ0) is 32.2. The molecule has 1 aliphatic heterocycles. The van der Waals surface area contributed by atoms with Gasteiger partial charge in [-0.15, -0.1) is 0 Å². The second-order valence-electron chi connectivity index (χ2n) is 13.7. The Morgan fingerprint density at radius 3 is 2.10 bits per heavy atom. The molecule has 236 valence electrons. The lowest BCUT2D eigenvalue weighted by Crippen LogP contribution is -2.51. The molecule has 1 unspecified atom stereocenters. The summed E-state index contributed by atoms with van der Waals surface area (Å²) < 4.78 is 19.0. The number of allylic oxidation sites excluding steroid dienone is 2. The second kappa shape index (κ2) is 13.8. The molecule has 1 heterocycles. The molecule has 0 saturated heterocycles. The second-order valence-corrected chi connectivity index (χ2v) is 23.9. The van der Waals surface area contributed by atoms with Crippen molar-refractivity contribution in [3.8, 4) is 11.5 Å². The minimum Gasteiger partial charge on any atom is -0.540 e. The van der Waals surface area contributed by atoms with Crippen molar-refractivity contribution in [3.05, 3.63) is 42.1 Å². The van der Waals surface area contributed by atoms with Crippen molar-refractivity contribution in [1.29, 1.82) is 0 Å². The van der Waals surface area contributed by atoms with Gasteiger partial charge >= 0.3 is 12.1 Å². The van der Waals surface area contributed by atoms with Crippen LogP contribution in [0.15, 0.2) is 42.1 Å². The number of urea groups is 1. The van der Waals surface area contributed by atoms with Crippen LogP contribution in [-0.4, -0.2) is 58.5 Å². The van der Waals surface area contributed by atoms with Crippen molar-refractivity contribution in [2.45, 2.75) is 116 Å². The number of hydrogen-bond acceptors (Lipinski definition) is 5. The van der Waals surface area contributed by atoms with Gasteiger partial charge in [0.1, 0.15) is 5.75 Å². The quantitative estimate of drug-likeness (QED) is 0.249. The molecule has 0 saturated carbocycles. The fraction of sp³-hybridized carbons (Fsp3) is 0.625. The van der Waals surface area contributed by atoms with Gasteiger partial charge in [0.05, 0.1) is 25.4 Å². The predicted octanol–water partition coefficient (Wildman–Crippen LogP) is 9.41. The summed E-state index contributed by atoms with van der Waals surface area (Å²) in [7, 11) is -2.93. The van der Waals surface area contributed by atoms with Gasteiger partial charge in [-0.05, 0) is 65.8 Å². The van der Waals surface area contributed by atoms with Crippen LogP contribution in [-0.2, 0) is 4.43 Å². The van der Waals surface area contributed by atoms with Crippen LogP contribution in [0.4, 0.5) is 15.3 Å². The number of ether oxygens (including phenoxy) is 1. The SMILES string of the molecule is CC=CC1=CN(C(=O)N(C(=O)O)c2ccc(OC)c(O[Si](C(C)C)(C(C)C)C(C)C)c2)C(CO[Si](C)(C)C(C)(C)C)C1. The third-order valence-electron chi connectivity index (χ3n) is 9.00. The number of carbonyl (C=O) groups is 2. The Morgan fingerprint density at radius 2 is 1.64 bits per heavy atom. The van der Waals surface area contributed by atoms with E-state index in [1.54, 1.807) is 31.5 Å². The summed E-state index contributed by atoms with van der Waals surface area (Å²) in [4.78, 5) is 29.0. The Labute approximate surface area is 256 Å². The van der Waals surface area contributed by atoms with Crippen molar-refractivity contribution < 1.29 is 28.3 Å². The third-order valence-corrected chi connectivity index (χ3v) is 19.5. The molecule has 1 atom stereocenters. The summed E-state index contributed by atoms with van der Waals surface area (Å²) in [5, 5.41) is 10.4. The van der Waals surface area contributed by atoms with Gasteiger partial charge in [0.2, 0.25) is 0 Å². The smallest absolute Gasteiger partial charge is 0.420 e. The summed E-state index contributed by atoms with van der Waals surface area (Å²) >= 11 is 0. The molecule has 1 aromatic rings. The Balaban J connectivity index is 2.55. The van der Waals surface area contributed by atoms with Crippen LogP contribution in [0.3, 0.4) is 0 Å². The highest BCUT2D eigenvalue weighted by Gasteiger charge is 2.48. The number of anilines is 1. The number of carbonyl (C=O) groups excluding carboxylic acids is 1. The van der Waals surface area contributed by atoms with E-state index in [9.17, 15) is 14.7 Å². The molecule has 3 amide bonds. The molecule has 0 radical (unpaired) electrons. The molecule has 1 aromatic carbocycles. The van der Waals surface area contributed by atoms with E-state index in [0.717, 1.165) is 10.5 Å². The van der Waals surface area contributed by atoms with Crippen molar-refractivity contribution in [1.82, 2.24) is 4.90 Å². The van der Waals surface area contributed by atoms with Crippen molar-refractivity contribution in [3.63, 3.8) is 0 Å². The van der Waals surface area contributed by atoms with E-state index in [-0.39, 0.29) is 16.8 Å². The number of nitrogens with zero attached hydrogens (tertiary/aromatic N) is 2. The van der Waals surface area contributed by atoms with E-state index in [1.807, 2.05) is 19.1 Å². The first-order valence-corrected chi connectivity index (χ1v) is 20.1. The van der Waals surface area contributed by atoms with Gasteiger partial charge < -0.3 is 18.7 Å². The zero-order valence-electron chi connectivity index (χ0n) is 28.1. The minimum atomic E-state index is -2.40. The topological polar surface area (TPSA) is 88.5 Å². The van der Waals surface area contributed by atoms with E-state index >= 15 is 0 Å². The maximum atomic E-state index is 14.0. The minimum absolute atomic E-state index is 0.00706. The number of imide groups is 1. The van der Waals surface area contributed by atoms with Crippen molar-refractivity contribution >= 4 is 34.4 Å². The predicted molar refractivity (Wildman–Crippen MR) is 177 cm³/mol.